The summed E-state index contributed by atoms with van der Waals surface area (Å²) in [6.07, 6.45) is 3.22. The topological polar surface area (TPSA) is 69.0 Å². The molecule has 5 heteroatoms. The van der Waals surface area contributed by atoms with Gasteiger partial charge in [0.05, 0.1) is 11.6 Å². The third-order valence-electron chi connectivity index (χ3n) is 4.73. The van der Waals surface area contributed by atoms with E-state index in [0.29, 0.717) is 5.56 Å². The molecule has 1 atom stereocenters. The number of aromatic nitrogens is 1. The van der Waals surface area contributed by atoms with Gasteiger partial charge in [-0.1, -0.05) is 30.3 Å². The minimum absolute atomic E-state index is 0.0203. The van der Waals surface area contributed by atoms with Gasteiger partial charge in [0.1, 0.15) is 11.9 Å². The van der Waals surface area contributed by atoms with E-state index in [2.05, 4.69) is 21.3 Å². The van der Waals surface area contributed by atoms with Crippen LogP contribution in [-0.4, -0.2) is 24.0 Å². The molecular formula is C20H22N4O. The number of nitrogens with zero attached hydrogens (tertiary/aromatic N) is 3. The second-order valence-corrected chi connectivity index (χ2v) is 6.42. The highest BCUT2D eigenvalue weighted by Crippen LogP contribution is 2.23. The van der Waals surface area contributed by atoms with Gasteiger partial charge in [-0.15, -0.1) is 0 Å². The highest BCUT2D eigenvalue weighted by atomic mass is 16.1. The summed E-state index contributed by atoms with van der Waals surface area (Å²) in [6, 6.07) is 15.8. The Hall–Kier alpha value is -2.87. The first-order valence-electron chi connectivity index (χ1n) is 8.64. The van der Waals surface area contributed by atoms with Crippen molar-refractivity contribution in [3.63, 3.8) is 0 Å². The molecule has 25 heavy (non-hydrogen) atoms. The lowest BCUT2D eigenvalue weighted by Crippen LogP contribution is -2.41. The van der Waals surface area contributed by atoms with E-state index >= 15 is 0 Å². The quantitative estimate of drug-likeness (QED) is 0.933. The molecule has 1 N–H and O–H groups in total. The summed E-state index contributed by atoms with van der Waals surface area (Å²) >= 11 is 0. The summed E-state index contributed by atoms with van der Waals surface area (Å²) < 4.78 is 0. The van der Waals surface area contributed by atoms with E-state index in [1.807, 2.05) is 43.3 Å². The molecule has 0 aliphatic carbocycles. The van der Waals surface area contributed by atoms with Crippen LogP contribution in [0.25, 0.3) is 0 Å². The molecule has 2 heterocycles. The van der Waals surface area contributed by atoms with Gasteiger partial charge in [-0.25, -0.2) is 4.98 Å². The lowest BCUT2D eigenvalue weighted by Gasteiger charge is -2.32. The smallest absolute Gasteiger partial charge is 0.223 e. The van der Waals surface area contributed by atoms with E-state index in [4.69, 9.17) is 5.26 Å². The van der Waals surface area contributed by atoms with Crippen molar-refractivity contribution in [2.75, 3.05) is 18.0 Å². The Labute approximate surface area is 148 Å². The zero-order chi connectivity index (χ0) is 17.6. The highest BCUT2D eigenvalue weighted by molar-refractivity contribution is 5.79. The predicted octanol–water partition coefficient (Wildman–Crippen LogP) is 3.05. The van der Waals surface area contributed by atoms with E-state index in [1.54, 1.807) is 12.3 Å². The summed E-state index contributed by atoms with van der Waals surface area (Å²) in [5.74, 6) is 1.04. The lowest BCUT2D eigenvalue weighted by atomic mass is 9.95. The first-order valence-corrected chi connectivity index (χ1v) is 8.64. The summed E-state index contributed by atoms with van der Waals surface area (Å²) in [5.41, 5.74) is 1.68. The molecule has 3 rings (SSSR count). The van der Waals surface area contributed by atoms with E-state index < -0.39 is 0 Å². The largest absolute Gasteiger partial charge is 0.357 e. The summed E-state index contributed by atoms with van der Waals surface area (Å²) in [7, 11) is 0. The third-order valence-corrected chi connectivity index (χ3v) is 4.73. The molecule has 1 unspecified atom stereocenters. The van der Waals surface area contributed by atoms with Crippen molar-refractivity contribution in [1.29, 1.82) is 5.26 Å². The van der Waals surface area contributed by atoms with E-state index in [-0.39, 0.29) is 17.9 Å². The Kier molecular flexibility index (Phi) is 5.30. The van der Waals surface area contributed by atoms with Crippen molar-refractivity contribution in [1.82, 2.24) is 10.3 Å². The first kappa shape index (κ1) is 17.0. The highest BCUT2D eigenvalue weighted by Gasteiger charge is 2.26. The van der Waals surface area contributed by atoms with Gasteiger partial charge in [-0.2, -0.15) is 5.26 Å². The first-order chi connectivity index (χ1) is 12.2. The fourth-order valence-electron chi connectivity index (χ4n) is 3.17. The SMILES string of the molecule is CC(NC(=O)C1CCN(c2ccc(C#N)cn2)CC1)c1ccccc1. The second kappa shape index (κ2) is 7.80. The van der Waals surface area contributed by atoms with Crippen molar-refractivity contribution in [2.45, 2.75) is 25.8 Å². The van der Waals surface area contributed by atoms with Crippen LogP contribution < -0.4 is 10.2 Å². The van der Waals surface area contributed by atoms with Gasteiger partial charge < -0.3 is 10.2 Å². The summed E-state index contributed by atoms with van der Waals surface area (Å²) in [4.78, 5) is 19.0. The van der Waals surface area contributed by atoms with Gasteiger partial charge >= 0.3 is 0 Å². The average molecular weight is 334 g/mol. The van der Waals surface area contributed by atoms with Gasteiger partial charge in [0, 0.05) is 25.2 Å². The van der Waals surface area contributed by atoms with Crippen molar-refractivity contribution < 1.29 is 4.79 Å². The summed E-state index contributed by atoms with van der Waals surface area (Å²) in [6.45, 7) is 3.62. The number of benzene rings is 1. The van der Waals surface area contributed by atoms with Crippen molar-refractivity contribution in [2.24, 2.45) is 5.92 Å². The molecule has 128 valence electrons. The van der Waals surface area contributed by atoms with Crippen LogP contribution in [0.2, 0.25) is 0 Å². The molecule has 2 aromatic rings. The maximum absolute atomic E-state index is 12.5. The van der Waals surface area contributed by atoms with Crippen molar-refractivity contribution >= 4 is 11.7 Å². The molecule has 0 saturated carbocycles. The number of hydrogen-bond acceptors (Lipinski definition) is 4. The monoisotopic (exact) mass is 334 g/mol. The zero-order valence-electron chi connectivity index (χ0n) is 14.4. The minimum Gasteiger partial charge on any atom is -0.357 e. The lowest BCUT2D eigenvalue weighted by molar-refractivity contribution is -0.126. The molecule has 1 amide bonds. The third kappa shape index (κ3) is 4.16. The molecule has 1 fully saturated rings. The van der Waals surface area contributed by atoms with Gasteiger partial charge in [0.15, 0.2) is 0 Å². The number of hydrogen-bond donors (Lipinski definition) is 1. The number of nitrogens with one attached hydrogen (secondary N) is 1. The second-order valence-electron chi connectivity index (χ2n) is 6.42. The standard InChI is InChI=1S/C20H22N4O/c1-15(17-5-3-2-4-6-17)23-20(25)18-9-11-24(12-10-18)19-8-7-16(13-21)14-22-19/h2-8,14-15,18H,9-12H2,1H3,(H,23,25). The Morgan fingerprint density at radius 3 is 2.56 bits per heavy atom. The molecule has 0 spiro atoms. The zero-order valence-corrected chi connectivity index (χ0v) is 14.4. The number of anilines is 1. The van der Waals surface area contributed by atoms with Crippen molar-refractivity contribution in [3.05, 3.63) is 59.8 Å². The van der Waals surface area contributed by atoms with Crippen LogP contribution in [0.5, 0.6) is 0 Å². The Balaban J connectivity index is 1.53. The van der Waals surface area contributed by atoms with Gasteiger partial charge in [0.2, 0.25) is 5.91 Å². The molecule has 0 radical (unpaired) electrons. The molecule has 1 aliphatic rings. The molecule has 5 nitrogen and oxygen atoms in total. The molecule has 0 bridgehead atoms. The van der Waals surface area contributed by atoms with Crippen LogP contribution in [0.1, 0.15) is 36.9 Å². The van der Waals surface area contributed by atoms with Crippen LogP contribution in [0.4, 0.5) is 5.82 Å². The maximum Gasteiger partial charge on any atom is 0.223 e. The summed E-state index contributed by atoms with van der Waals surface area (Å²) in [5, 5.41) is 12.0. The van der Waals surface area contributed by atoms with E-state index in [0.717, 1.165) is 37.3 Å². The normalized spacial score (nSPS) is 16.1. The van der Waals surface area contributed by atoms with E-state index in [9.17, 15) is 4.79 Å². The Morgan fingerprint density at radius 2 is 1.96 bits per heavy atom. The average Bonchev–Trinajstić information content (AvgIpc) is 2.69. The molecule has 1 aromatic heterocycles. The number of piperidine rings is 1. The maximum atomic E-state index is 12.5. The van der Waals surface area contributed by atoms with Crippen LogP contribution in [-0.2, 0) is 4.79 Å². The predicted molar refractivity (Wildman–Crippen MR) is 96.9 cm³/mol. The van der Waals surface area contributed by atoms with Crippen LogP contribution in [0.3, 0.4) is 0 Å². The van der Waals surface area contributed by atoms with Gasteiger partial charge in [-0.3, -0.25) is 4.79 Å². The van der Waals surface area contributed by atoms with Crippen molar-refractivity contribution in [3.8, 4) is 6.07 Å². The van der Waals surface area contributed by atoms with Crippen LogP contribution >= 0.6 is 0 Å². The number of carbonyl (C=O) groups excluding carboxylic acids is 1. The minimum atomic E-state index is 0.0203. The molecule has 1 aliphatic heterocycles. The van der Waals surface area contributed by atoms with Gasteiger partial charge in [0.25, 0.3) is 0 Å². The molecular weight excluding hydrogens is 312 g/mol. The van der Waals surface area contributed by atoms with Crippen LogP contribution in [0.15, 0.2) is 48.7 Å². The molecule has 1 saturated heterocycles. The van der Waals surface area contributed by atoms with Crippen LogP contribution in [0, 0.1) is 17.2 Å². The fourth-order valence-corrected chi connectivity index (χ4v) is 3.17. The number of amides is 1. The van der Waals surface area contributed by atoms with Gasteiger partial charge in [-0.05, 0) is 37.5 Å². The number of nitriles is 1. The molecule has 1 aromatic carbocycles. The fraction of sp³-hybridized carbons (Fsp3) is 0.350. The number of carbonyl (C=O) groups is 1. The number of pyridine rings is 1. The number of rotatable bonds is 4. The van der Waals surface area contributed by atoms with E-state index in [1.165, 1.54) is 0 Å². The Morgan fingerprint density at radius 1 is 1.24 bits per heavy atom. The Bertz CT molecular complexity index is 744.